The highest BCUT2D eigenvalue weighted by Gasteiger charge is 2.08. The predicted molar refractivity (Wildman–Crippen MR) is 110 cm³/mol. The first-order valence-electron chi connectivity index (χ1n) is 8.96. The molecular formula is C22H19N5O. The zero-order valence-corrected chi connectivity index (χ0v) is 15.4. The van der Waals surface area contributed by atoms with Gasteiger partial charge in [-0.2, -0.15) is 5.10 Å². The molecule has 1 N–H and O–H groups in total. The molecule has 0 saturated carbocycles. The molecule has 0 unspecified atom stereocenters. The Kier molecular flexibility index (Phi) is 4.93. The molecule has 28 heavy (non-hydrogen) atoms. The van der Waals surface area contributed by atoms with Crippen molar-refractivity contribution in [2.24, 2.45) is 0 Å². The van der Waals surface area contributed by atoms with E-state index in [1.807, 2.05) is 67.6 Å². The van der Waals surface area contributed by atoms with Gasteiger partial charge in [-0.1, -0.05) is 42.5 Å². The largest absolute Gasteiger partial charge is 0.307 e. The van der Waals surface area contributed by atoms with E-state index < -0.39 is 0 Å². The number of benzene rings is 2. The molecule has 0 aliphatic rings. The van der Waals surface area contributed by atoms with Crippen LogP contribution in [0.4, 0.5) is 5.82 Å². The predicted octanol–water partition coefficient (Wildman–Crippen LogP) is 3.83. The first kappa shape index (κ1) is 17.6. The zero-order chi connectivity index (χ0) is 19.3. The van der Waals surface area contributed by atoms with Crippen LogP contribution in [-0.2, 0) is 11.3 Å². The number of fused-ring (bicyclic) bond motifs is 1. The molecular weight excluding hydrogens is 350 g/mol. The summed E-state index contributed by atoms with van der Waals surface area (Å²) in [5, 5.41) is 7.35. The summed E-state index contributed by atoms with van der Waals surface area (Å²) in [5.41, 5.74) is 4.20. The van der Waals surface area contributed by atoms with Gasteiger partial charge in [0.2, 0.25) is 5.91 Å². The second-order valence-electron chi connectivity index (χ2n) is 6.42. The second kappa shape index (κ2) is 7.84. The summed E-state index contributed by atoms with van der Waals surface area (Å²) in [4.78, 5) is 21.2. The standard InChI is InChI=1S/C22H19N5O/c1-16-13-21(27(26-16)15-17-7-3-2-4-8-17)25-22(28)12-11-18-14-23-19-9-5-6-10-20(19)24-18/h2-14H,15H2,1H3,(H,25,28)/b12-11+. The number of nitrogens with one attached hydrogen (secondary N) is 1. The average molecular weight is 369 g/mol. The molecule has 0 bridgehead atoms. The summed E-state index contributed by atoms with van der Waals surface area (Å²) < 4.78 is 1.78. The highest BCUT2D eigenvalue weighted by Crippen LogP contribution is 2.14. The van der Waals surface area contributed by atoms with Crippen molar-refractivity contribution in [3.05, 3.63) is 89.9 Å². The van der Waals surface area contributed by atoms with E-state index in [2.05, 4.69) is 20.4 Å². The summed E-state index contributed by atoms with van der Waals surface area (Å²) in [6, 6.07) is 19.5. The maximum absolute atomic E-state index is 12.4. The van der Waals surface area contributed by atoms with E-state index in [-0.39, 0.29) is 5.91 Å². The van der Waals surface area contributed by atoms with E-state index in [4.69, 9.17) is 0 Å². The summed E-state index contributed by atoms with van der Waals surface area (Å²) >= 11 is 0. The van der Waals surface area contributed by atoms with Crippen LogP contribution in [0.5, 0.6) is 0 Å². The lowest BCUT2D eigenvalue weighted by Gasteiger charge is -2.07. The molecule has 6 heteroatoms. The molecule has 0 aliphatic carbocycles. The molecule has 0 saturated heterocycles. The van der Waals surface area contributed by atoms with E-state index >= 15 is 0 Å². The van der Waals surface area contributed by atoms with Crippen molar-refractivity contribution >= 4 is 28.8 Å². The molecule has 6 nitrogen and oxygen atoms in total. The second-order valence-corrected chi connectivity index (χ2v) is 6.42. The fraction of sp³-hybridized carbons (Fsp3) is 0.0909. The van der Waals surface area contributed by atoms with Crippen LogP contribution in [-0.4, -0.2) is 25.7 Å². The molecule has 0 aliphatic heterocycles. The number of amides is 1. The first-order valence-corrected chi connectivity index (χ1v) is 8.96. The Morgan fingerprint density at radius 1 is 1.07 bits per heavy atom. The topological polar surface area (TPSA) is 72.7 Å². The Morgan fingerprint density at radius 3 is 2.64 bits per heavy atom. The number of hydrogen-bond donors (Lipinski definition) is 1. The lowest BCUT2D eigenvalue weighted by atomic mass is 10.2. The van der Waals surface area contributed by atoms with Crippen LogP contribution >= 0.6 is 0 Å². The third-order valence-corrected chi connectivity index (χ3v) is 4.20. The Hall–Kier alpha value is -3.80. The van der Waals surface area contributed by atoms with Crippen molar-refractivity contribution in [3.63, 3.8) is 0 Å². The molecule has 2 aromatic carbocycles. The van der Waals surface area contributed by atoms with E-state index in [1.54, 1.807) is 17.0 Å². The number of hydrogen-bond acceptors (Lipinski definition) is 4. The van der Waals surface area contributed by atoms with E-state index in [9.17, 15) is 4.79 Å². The van der Waals surface area contributed by atoms with Crippen LogP contribution in [0.2, 0.25) is 0 Å². The molecule has 4 rings (SSSR count). The number of carbonyl (C=O) groups is 1. The Balaban J connectivity index is 1.48. The minimum absolute atomic E-state index is 0.246. The average Bonchev–Trinajstić information content (AvgIpc) is 3.05. The molecule has 4 aromatic rings. The van der Waals surface area contributed by atoms with Crippen LogP contribution in [0.15, 0.2) is 72.9 Å². The Labute approximate surface area is 162 Å². The summed E-state index contributed by atoms with van der Waals surface area (Å²) in [6.07, 6.45) is 4.75. The third kappa shape index (κ3) is 4.12. The van der Waals surface area contributed by atoms with Crippen molar-refractivity contribution in [2.45, 2.75) is 13.5 Å². The third-order valence-electron chi connectivity index (χ3n) is 4.20. The minimum Gasteiger partial charge on any atom is -0.307 e. The van der Waals surface area contributed by atoms with Gasteiger partial charge in [-0.05, 0) is 30.7 Å². The van der Waals surface area contributed by atoms with Crippen molar-refractivity contribution in [3.8, 4) is 0 Å². The van der Waals surface area contributed by atoms with Crippen LogP contribution in [0.3, 0.4) is 0 Å². The van der Waals surface area contributed by atoms with E-state index in [0.29, 0.717) is 18.1 Å². The van der Waals surface area contributed by atoms with Gasteiger partial charge >= 0.3 is 0 Å². The van der Waals surface area contributed by atoms with Gasteiger partial charge in [0.15, 0.2) is 0 Å². The number of aryl methyl sites for hydroxylation is 1. The summed E-state index contributed by atoms with van der Waals surface area (Å²) in [7, 11) is 0. The van der Waals surface area contributed by atoms with Gasteiger partial charge in [0, 0.05) is 12.1 Å². The van der Waals surface area contributed by atoms with Crippen molar-refractivity contribution in [1.82, 2.24) is 19.7 Å². The quantitative estimate of drug-likeness (QED) is 0.543. The lowest BCUT2D eigenvalue weighted by Crippen LogP contribution is -2.13. The smallest absolute Gasteiger partial charge is 0.249 e. The first-order chi connectivity index (χ1) is 13.7. The van der Waals surface area contributed by atoms with Crippen molar-refractivity contribution in [1.29, 1.82) is 0 Å². The van der Waals surface area contributed by atoms with Crippen LogP contribution in [0.25, 0.3) is 17.1 Å². The number of nitrogens with zero attached hydrogens (tertiary/aromatic N) is 4. The SMILES string of the molecule is Cc1cc(NC(=O)/C=C/c2cnc3ccccc3n2)n(Cc2ccccc2)n1. The molecule has 2 aromatic heterocycles. The van der Waals surface area contributed by atoms with E-state index in [0.717, 1.165) is 22.3 Å². The van der Waals surface area contributed by atoms with Crippen molar-refractivity contribution in [2.75, 3.05) is 5.32 Å². The Bertz CT molecular complexity index is 1150. The minimum atomic E-state index is -0.246. The highest BCUT2D eigenvalue weighted by atomic mass is 16.1. The van der Waals surface area contributed by atoms with Gasteiger partial charge in [0.25, 0.3) is 0 Å². The molecule has 1 amide bonds. The van der Waals surface area contributed by atoms with Gasteiger partial charge in [-0.25, -0.2) is 9.67 Å². The number of aromatic nitrogens is 4. The molecule has 0 radical (unpaired) electrons. The molecule has 138 valence electrons. The van der Waals surface area contributed by atoms with Gasteiger partial charge in [0.1, 0.15) is 5.82 Å². The number of anilines is 1. The number of rotatable bonds is 5. The number of para-hydroxylation sites is 2. The monoisotopic (exact) mass is 369 g/mol. The van der Waals surface area contributed by atoms with Gasteiger partial charge in [-0.15, -0.1) is 0 Å². The Morgan fingerprint density at radius 2 is 1.82 bits per heavy atom. The molecule has 2 heterocycles. The van der Waals surface area contributed by atoms with Crippen molar-refractivity contribution < 1.29 is 4.79 Å². The molecule has 0 atom stereocenters. The summed E-state index contributed by atoms with van der Waals surface area (Å²) in [6.45, 7) is 2.49. The lowest BCUT2D eigenvalue weighted by molar-refractivity contribution is -0.111. The number of carbonyl (C=O) groups excluding carboxylic acids is 1. The fourth-order valence-corrected chi connectivity index (χ4v) is 2.90. The van der Waals surface area contributed by atoms with Gasteiger partial charge in [-0.3, -0.25) is 9.78 Å². The van der Waals surface area contributed by atoms with Crippen LogP contribution in [0, 0.1) is 6.92 Å². The van der Waals surface area contributed by atoms with E-state index in [1.165, 1.54) is 6.08 Å². The zero-order valence-electron chi connectivity index (χ0n) is 15.4. The molecule has 0 spiro atoms. The van der Waals surface area contributed by atoms with Gasteiger partial charge in [0.05, 0.1) is 35.2 Å². The molecule has 0 fully saturated rings. The van der Waals surface area contributed by atoms with Crippen LogP contribution < -0.4 is 5.32 Å². The highest BCUT2D eigenvalue weighted by molar-refractivity contribution is 6.01. The van der Waals surface area contributed by atoms with Gasteiger partial charge < -0.3 is 5.32 Å². The maximum atomic E-state index is 12.4. The maximum Gasteiger partial charge on any atom is 0.249 e. The fourth-order valence-electron chi connectivity index (χ4n) is 2.90. The normalized spacial score (nSPS) is 11.2. The van der Waals surface area contributed by atoms with Crippen LogP contribution in [0.1, 0.15) is 17.0 Å². The summed E-state index contributed by atoms with van der Waals surface area (Å²) in [5.74, 6) is 0.407.